The molecule has 1 saturated heterocycles. The van der Waals surface area contributed by atoms with E-state index in [2.05, 4.69) is 5.32 Å². The lowest BCUT2D eigenvalue weighted by atomic mass is 9.65. The van der Waals surface area contributed by atoms with E-state index in [1.807, 2.05) is 24.3 Å². The summed E-state index contributed by atoms with van der Waals surface area (Å²) in [7, 11) is 6.12. The van der Waals surface area contributed by atoms with E-state index >= 15 is 0 Å². The van der Waals surface area contributed by atoms with Gasteiger partial charge >= 0.3 is 5.97 Å². The number of unbranched alkanes of at least 4 members (excludes halogenated alkanes) is 2. The second kappa shape index (κ2) is 17.8. The number of hydrogen-bond donors (Lipinski definition) is 1. The van der Waals surface area contributed by atoms with Crippen LogP contribution in [0.2, 0.25) is 0 Å². The van der Waals surface area contributed by atoms with Crippen molar-refractivity contribution in [1.29, 1.82) is 0 Å². The normalized spacial score (nSPS) is 18.7. The third kappa shape index (κ3) is 8.45. The average molecular weight is 809 g/mol. The Morgan fingerprint density at radius 1 is 0.847 bits per heavy atom. The van der Waals surface area contributed by atoms with Crippen LogP contribution >= 0.6 is 0 Å². The Hall–Kier alpha value is -6.77. The van der Waals surface area contributed by atoms with E-state index in [4.69, 9.17) is 37.9 Å². The van der Waals surface area contributed by atoms with Gasteiger partial charge in [0, 0.05) is 47.6 Å². The fourth-order valence-electron chi connectivity index (χ4n) is 7.98. The number of hydrogen-bond acceptors (Lipinski definition) is 13. The molecule has 1 aliphatic carbocycles. The van der Waals surface area contributed by atoms with Gasteiger partial charge in [-0.2, -0.15) is 0 Å². The molecule has 15 heteroatoms. The number of non-ortho nitro benzene ring substituents is 1. The first kappa shape index (κ1) is 40.4. The highest BCUT2D eigenvalue weighted by Crippen LogP contribution is 2.55. The molecule has 2 heterocycles. The molecule has 1 fully saturated rings. The summed E-state index contributed by atoms with van der Waals surface area (Å²) < 4.78 is 45.5. The Bertz CT molecular complexity index is 2260. The molecule has 0 bridgehead atoms. The molecule has 4 aromatic rings. The van der Waals surface area contributed by atoms with Crippen LogP contribution in [0.4, 0.5) is 5.69 Å². The monoisotopic (exact) mass is 808 g/mol. The number of carbonyl (C=O) groups excluding carboxylic acids is 3. The number of methoxy groups -OCH3 is 4. The number of nitro groups is 1. The van der Waals surface area contributed by atoms with Crippen LogP contribution in [0, 0.1) is 22.0 Å². The lowest BCUT2D eigenvalue weighted by molar-refractivity contribution is -0.384. The maximum atomic E-state index is 13.5. The van der Waals surface area contributed by atoms with E-state index in [1.165, 1.54) is 58.8 Å². The van der Waals surface area contributed by atoms with Gasteiger partial charge in [-0.3, -0.25) is 24.5 Å². The van der Waals surface area contributed by atoms with E-state index in [0.717, 1.165) is 23.1 Å². The molecule has 3 aliphatic rings. The van der Waals surface area contributed by atoms with Crippen molar-refractivity contribution in [1.82, 2.24) is 5.32 Å². The molecule has 4 aromatic carbocycles. The Morgan fingerprint density at radius 2 is 1.58 bits per heavy atom. The number of amides is 1. The summed E-state index contributed by atoms with van der Waals surface area (Å²) >= 11 is 0. The van der Waals surface area contributed by atoms with Gasteiger partial charge in [0.15, 0.2) is 28.8 Å². The average Bonchev–Trinajstić information content (AvgIpc) is 3.88. The van der Waals surface area contributed by atoms with Gasteiger partial charge in [-0.1, -0.05) is 12.1 Å². The van der Waals surface area contributed by atoms with Crippen molar-refractivity contribution >= 4 is 29.4 Å². The Balaban J connectivity index is 0.974. The topological polar surface area (TPSA) is 180 Å². The summed E-state index contributed by atoms with van der Waals surface area (Å²) in [6, 6.07) is 17.7. The first-order valence-electron chi connectivity index (χ1n) is 19.1. The van der Waals surface area contributed by atoms with Gasteiger partial charge in [0.25, 0.3) is 5.69 Å². The minimum absolute atomic E-state index is 0.0631. The van der Waals surface area contributed by atoms with Crippen LogP contribution in [0.25, 0.3) is 6.08 Å². The summed E-state index contributed by atoms with van der Waals surface area (Å²) in [5.74, 6) is 1.19. The van der Waals surface area contributed by atoms with Crippen LogP contribution in [0.5, 0.6) is 40.2 Å². The zero-order chi connectivity index (χ0) is 41.6. The molecule has 15 nitrogen and oxygen atoms in total. The Labute approximate surface area is 340 Å². The second-order valence-electron chi connectivity index (χ2n) is 14.2. The zero-order valence-corrected chi connectivity index (χ0v) is 33.0. The smallest absolute Gasteiger partial charge is 0.310 e. The number of nitrogens with one attached hydrogen (secondary N) is 1. The van der Waals surface area contributed by atoms with Crippen molar-refractivity contribution in [3.8, 4) is 40.2 Å². The molecular weight excluding hydrogens is 764 g/mol. The number of nitro benzene ring substituents is 1. The van der Waals surface area contributed by atoms with Gasteiger partial charge in [0.2, 0.25) is 18.4 Å². The first-order valence-corrected chi connectivity index (χ1v) is 19.1. The molecule has 2 aliphatic heterocycles. The minimum atomic E-state index is -0.611. The fraction of sp³-hybridized carbons (Fsp3) is 0.341. The molecule has 0 radical (unpaired) electrons. The number of ketones is 1. The van der Waals surface area contributed by atoms with Crippen molar-refractivity contribution in [3.63, 3.8) is 0 Å². The summed E-state index contributed by atoms with van der Waals surface area (Å²) in [5.41, 5.74) is 3.06. The summed E-state index contributed by atoms with van der Waals surface area (Å²) in [6.45, 7) is 0.606. The molecule has 7 rings (SSSR count). The van der Waals surface area contributed by atoms with Gasteiger partial charge in [-0.05, 0) is 84.5 Å². The molecule has 0 aromatic heterocycles. The van der Waals surface area contributed by atoms with Crippen LogP contribution in [0.15, 0.2) is 72.8 Å². The number of rotatable bonds is 17. The molecule has 0 spiro atoms. The molecule has 0 saturated carbocycles. The standard InChI is InChI=1S/C44H44N2O13/c1-52-34-20-29(14-12-25(34)13-15-33(47)26-9-8-10-28(17-26)46(50)51)56-16-7-5-6-11-39(48)45-42-31-22-36-35(58-24-59-36)21-30(31)40(41-32(42)23-57-44(41)49)27-18-37(53-2)43(55-4)38(19-27)54-3/h8-10,12-15,17-22,32,40-42H,5-7,11,16,23-24H2,1-4H3,(H,45,48)/b15-13+/t32-,40+,41-,42+/m0/s1. The van der Waals surface area contributed by atoms with Gasteiger partial charge in [-0.15, -0.1) is 0 Å². The third-order valence-electron chi connectivity index (χ3n) is 10.8. The van der Waals surface area contributed by atoms with E-state index in [9.17, 15) is 24.5 Å². The number of ether oxygens (including phenoxy) is 8. The largest absolute Gasteiger partial charge is 0.496 e. The highest BCUT2D eigenvalue weighted by atomic mass is 16.7. The van der Waals surface area contributed by atoms with E-state index < -0.39 is 22.8 Å². The van der Waals surface area contributed by atoms with Crippen molar-refractivity contribution in [3.05, 3.63) is 111 Å². The third-order valence-corrected chi connectivity index (χ3v) is 10.8. The van der Waals surface area contributed by atoms with E-state index in [-0.39, 0.29) is 54.6 Å². The maximum Gasteiger partial charge on any atom is 0.310 e. The molecule has 4 atom stereocenters. The van der Waals surface area contributed by atoms with Crippen LogP contribution in [-0.4, -0.2) is 71.0 Å². The predicted molar refractivity (Wildman–Crippen MR) is 213 cm³/mol. The fourth-order valence-corrected chi connectivity index (χ4v) is 7.98. The lowest BCUT2D eigenvalue weighted by Crippen LogP contribution is -2.42. The number of cyclic esters (lactones) is 1. The Morgan fingerprint density at radius 3 is 2.27 bits per heavy atom. The zero-order valence-electron chi connectivity index (χ0n) is 33.0. The van der Waals surface area contributed by atoms with Gasteiger partial charge < -0.3 is 43.2 Å². The summed E-state index contributed by atoms with van der Waals surface area (Å²) in [5, 5.41) is 14.3. The summed E-state index contributed by atoms with van der Waals surface area (Å²) in [6.07, 6.45) is 5.21. The molecule has 1 N–H and O–H groups in total. The van der Waals surface area contributed by atoms with Crippen molar-refractivity contribution in [2.24, 2.45) is 11.8 Å². The maximum absolute atomic E-state index is 13.5. The van der Waals surface area contributed by atoms with Crippen LogP contribution in [0.3, 0.4) is 0 Å². The van der Waals surface area contributed by atoms with E-state index in [1.54, 1.807) is 24.3 Å². The first-order chi connectivity index (χ1) is 28.6. The van der Waals surface area contributed by atoms with Crippen molar-refractivity contribution in [2.75, 3.05) is 48.4 Å². The van der Waals surface area contributed by atoms with Crippen LogP contribution in [-0.2, 0) is 14.3 Å². The number of benzene rings is 4. The highest BCUT2D eigenvalue weighted by Gasteiger charge is 2.53. The second-order valence-corrected chi connectivity index (χ2v) is 14.2. The number of fused-ring (bicyclic) bond motifs is 3. The number of esters is 1. The quantitative estimate of drug-likeness (QED) is 0.0288. The Kier molecular flexibility index (Phi) is 12.2. The lowest BCUT2D eigenvalue weighted by Gasteiger charge is -2.39. The SMILES string of the molecule is COc1cc(OCCCCCC(=O)N[C@@H]2c3cc4c(cc3[C@@H](c3cc(OC)c(OC)c(OC)c3)[C@H]3C(=O)OC[C@@H]32)OCO4)ccc1/C=C/C(=O)c1cccc([N+](=O)[O-])c1. The molecule has 308 valence electrons. The van der Waals surface area contributed by atoms with E-state index in [0.29, 0.717) is 65.3 Å². The minimum Gasteiger partial charge on any atom is -0.496 e. The van der Waals surface area contributed by atoms with Gasteiger partial charge in [-0.25, -0.2) is 0 Å². The van der Waals surface area contributed by atoms with Crippen molar-refractivity contribution < 1.29 is 57.2 Å². The molecule has 59 heavy (non-hydrogen) atoms. The van der Waals surface area contributed by atoms with Crippen LogP contribution < -0.4 is 38.5 Å². The number of carbonyl (C=O) groups is 3. The molecule has 1 amide bonds. The predicted octanol–water partition coefficient (Wildman–Crippen LogP) is 6.99. The number of allylic oxidation sites excluding steroid dienone is 1. The molecule has 0 unspecified atom stereocenters. The van der Waals surface area contributed by atoms with Gasteiger partial charge in [0.1, 0.15) is 11.5 Å². The molecular formula is C44H44N2O13. The highest BCUT2D eigenvalue weighted by molar-refractivity contribution is 6.07. The van der Waals surface area contributed by atoms with Crippen LogP contribution in [0.1, 0.15) is 70.3 Å². The van der Waals surface area contributed by atoms with Crippen molar-refractivity contribution in [2.45, 2.75) is 37.6 Å². The van der Waals surface area contributed by atoms with Gasteiger partial charge in [0.05, 0.1) is 58.5 Å². The summed E-state index contributed by atoms with van der Waals surface area (Å²) in [4.78, 5) is 50.3. The number of nitrogens with zero attached hydrogens (tertiary/aromatic N) is 1.